The van der Waals surface area contributed by atoms with Crippen molar-refractivity contribution in [1.29, 1.82) is 0 Å². The van der Waals surface area contributed by atoms with Crippen LogP contribution in [-0.4, -0.2) is 40.9 Å². The van der Waals surface area contributed by atoms with Gasteiger partial charge in [0.15, 0.2) is 0 Å². The highest BCUT2D eigenvalue weighted by Gasteiger charge is 2.21. The van der Waals surface area contributed by atoms with E-state index >= 15 is 0 Å². The fraction of sp³-hybridized carbons (Fsp3) is 0.538. The predicted molar refractivity (Wildman–Crippen MR) is 84.1 cm³/mol. The van der Waals surface area contributed by atoms with E-state index in [0.29, 0.717) is 4.47 Å². The van der Waals surface area contributed by atoms with E-state index in [0.717, 1.165) is 17.9 Å². The molecule has 1 heterocycles. The van der Waals surface area contributed by atoms with Crippen LogP contribution in [0.2, 0.25) is 0 Å². The summed E-state index contributed by atoms with van der Waals surface area (Å²) in [6, 6.07) is 0.111. The number of nitrogens with one attached hydrogen (secondary N) is 1. The van der Waals surface area contributed by atoms with Gasteiger partial charge in [-0.3, -0.25) is 9.59 Å². The van der Waals surface area contributed by atoms with Crippen LogP contribution >= 0.6 is 27.7 Å². The molecule has 0 aliphatic carbocycles. The van der Waals surface area contributed by atoms with E-state index in [1.54, 1.807) is 30.6 Å². The Morgan fingerprint density at radius 1 is 1.58 bits per heavy atom. The molecule has 0 aliphatic heterocycles. The number of aromatic amines is 1. The SMILES string of the molecule is CSCC[C@@H](C)N(C)C(=O)c1c[nH]c(C)c(Br)c1=O. The Labute approximate surface area is 126 Å². The van der Waals surface area contributed by atoms with Gasteiger partial charge in [-0.1, -0.05) is 0 Å². The van der Waals surface area contributed by atoms with E-state index < -0.39 is 0 Å². The molecule has 1 aromatic heterocycles. The Hall–Kier alpha value is -0.750. The molecule has 0 spiro atoms. The molecule has 106 valence electrons. The molecule has 0 unspecified atom stereocenters. The Kier molecular flexibility index (Phi) is 6.13. The van der Waals surface area contributed by atoms with Crippen LogP contribution in [0.4, 0.5) is 0 Å². The maximum atomic E-state index is 12.3. The number of hydrogen-bond donors (Lipinski definition) is 1. The minimum Gasteiger partial charge on any atom is -0.363 e. The molecule has 0 bridgehead atoms. The van der Waals surface area contributed by atoms with Crippen molar-refractivity contribution in [3.63, 3.8) is 0 Å². The summed E-state index contributed by atoms with van der Waals surface area (Å²) in [5, 5.41) is 0. The minimum atomic E-state index is -0.259. The number of carbonyl (C=O) groups excluding carboxylic acids is 1. The number of aryl methyl sites for hydroxylation is 1. The summed E-state index contributed by atoms with van der Waals surface area (Å²) in [7, 11) is 1.74. The van der Waals surface area contributed by atoms with E-state index in [1.165, 1.54) is 6.20 Å². The van der Waals surface area contributed by atoms with Gasteiger partial charge < -0.3 is 9.88 Å². The van der Waals surface area contributed by atoms with Gasteiger partial charge in [-0.2, -0.15) is 11.8 Å². The first-order valence-electron chi connectivity index (χ1n) is 6.04. The number of halogens is 1. The molecule has 1 aromatic rings. The lowest BCUT2D eigenvalue weighted by Gasteiger charge is -2.24. The summed E-state index contributed by atoms with van der Waals surface area (Å²) in [4.78, 5) is 28.9. The van der Waals surface area contributed by atoms with Gasteiger partial charge >= 0.3 is 0 Å². The van der Waals surface area contributed by atoms with E-state index in [-0.39, 0.29) is 22.9 Å². The molecule has 19 heavy (non-hydrogen) atoms. The molecule has 1 atom stereocenters. The molecule has 0 saturated carbocycles. The minimum absolute atomic E-state index is 0.111. The third kappa shape index (κ3) is 3.86. The molecule has 0 radical (unpaired) electrons. The Morgan fingerprint density at radius 2 is 2.21 bits per heavy atom. The standard InChI is InChI=1S/C13H19BrN2O2S/c1-8(5-6-19-4)16(3)13(18)10-7-15-9(2)11(14)12(10)17/h7-8H,5-6H2,1-4H3,(H,15,17)/t8-/m1/s1. The van der Waals surface area contributed by atoms with E-state index in [2.05, 4.69) is 20.9 Å². The number of nitrogens with zero attached hydrogens (tertiary/aromatic N) is 1. The monoisotopic (exact) mass is 346 g/mol. The van der Waals surface area contributed by atoms with Gasteiger partial charge in [0.05, 0.1) is 4.47 Å². The quantitative estimate of drug-likeness (QED) is 0.891. The molecule has 4 nitrogen and oxygen atoms in total. The number of thioether (sulfide) groups is 1. The van der Waals surface area contributed by atoms with Gasteiger partial charge in [0.25, 0.3) is 5.91 Å². The molecular weight excluding hydrogens is 328 g/mol. The smallest absolute Gasteiger partial charge is 0.259 e. The zero-order chi connectivity index (χ0) is 14.6. The summed E-state index contributed by atoms with van der Waals surface area (Å²) in [5.41, 5.74) is 0.640. The van der Waals surface area contributed by atoms with Crippen molar-refractivity contribution < 1.29 is 4.79 Å². The first-order valence-corrected chi connectivity index (χ1v) is 8.22. The highest BCUT2D eigenvalue weighted by Crippen LogP contribution is 2.12. The van der Waals surface area contributed by atoms with Crippen molar-refractivity contribution in [1.82, 2.24) is 9.88 Å². The van der Waals surface area contributed by atoms with E-state index in [4.69, 9.17) is 0 Å². The zero-order valence-corrected chi connectivity index (χ0v) is 14.0. The van der Waals surface area contributed by atoms with Gasteiger partial charge in [-0.25, -0.2) is 0 Å². The van der Waals surface area contributed by atoms with Crippen molar-refractivity contribution in [2.24, 2.45) is 0 Å². The summed E-state index contributed by atoms with van der Waals surface area (Å²) in [6.45, 7) is 3.77. The van der Waals surface area contributed by atoms with Crippen LogP contribution in [0.5, 0.6) is 0 Å². The second-order valence-electron chi connectivity index (χ2n) is 4.52. The molecule has 0 aromatic carbocycles. The molecular formula is C13H19BrN2O2S. The highest BCUT2D eigenvalue weighted by molar-refractivity contribution is 9.10. The summed E-state index contributed by atoms with van der Waals surface area (Å²) >= 11 is 4.96. The van der Waals surface area contributed by atoms with Crippen LogP contribution in [0.15, 0.2) is 15.5 Å². The maximum absolute atomic E-state index is 12.3. The summed E-state index contributed by atoms with van der Waals surface area (Å²) in [6.07, 6.45) is 4.44. The molecule has 1 amide bonds. The number of carbonyl (C=O) groups is 1. The number of hydrogen-bond acceptors (Lipinski definition) is 3. The van der Waals surface area contributed by atoms with Gasteiger partial charge in [-0.05, 0) is 48.2 Å². The average Bonchev–Trinajstić information content (AvgIpc) is 2.40. The van der Waals surface area contributed by atoms with E-state index in [1.807, 2.05) is 13.2 Å². The van der Waals surface area contributed by atoms with Crippen LogP contribution in [0.3, 0.4) is 0 Å². The van der Waals surface area contributed by atoms with Crippen LogP contribution in [0.1, 0.15) is 29.4 Å². The fourth-order valence-corrected chi connectivity index (χ4v) is 2.53. The zero-order valence-electron chi connectivity index (χ0n) is 11.6. The second-order valence-corrected chi connectivity index (χ2v) is 6.30. The first kappa shape index (κ1) is 16.3. The molecule has 1 rings (SSSR count). The summed E-state index contributed by atoms with van der Waals surface area (Å²) < 4.78 is 0.420. The van der Waals surface area contributed by atoms with Gasteiger partial charge in [0, 0.05) is 25.0 Å². The normalized spacial score (nSPS) is 12.3. The van der Waals surface area contributed by atoms with Crippen molar-refractivity contribution in [3.8, 4) is 0 Å². The third-order valence-corrected chi connectivity index (χ3v) is 4.76. The van der Waals surface area contributed by atoms with Crippen LogP contribution in [0, 0.1) is 6.92 Å². The number of rotatable bonds is 5. The third-order valence-electron chi connectivity index (χ3n) is 3.16. The van der Waals surface area contributed by atoms with Gasteiger partial charge in [0.2, 0.25) is 5.43 Å². The molecule has 0 aliphatic rings. The van der Waals surface area contributed by atoms with Crippen LogP contribution < -0.4 is 5.43 Å². The van der Waals surface area contributed by atoms with Crippen LogP contribution in [-0.2, 0) is 0 Å². The second kappa shape index (κ2) is 7.14. The maximum Gasteiger partial charge on any atom is 0.259 e. The Bertz CT molecular complexity index is 516. The van der Waals surface area contributed by atoms with Gasteiger partial charge in [-0.15, -0.1) is 0 Å². The predicted octanol–water partition coefficient (Wildman–Crippen LogP) is 2.66. The fourth-order valence-electron chi connectivity index (χ4n) is 1.63. The highest BCUT2D eigenvalue weighted by atomic mass is 79.9. The largest absolute Gasteiger partial charge is 0.363 e. The lowest BCUT2D eigenvalue weighted by Crippen LogP contribution is -2.38. The van der Waals surface area contributed by atoms with E-state index in [9.17, 15) is 9.59 Å². The average molecular weight is 347 g/mol. The Balaban J connectivity index is 2.95. The van der Waals surface area contributed by atoms with Crippen molar-refractivity contribution in [2.45, 2.75) is 26.3 Å². The number of H-pyrrole nitrogens is 1. The van der Waals surface area contributed by atoms with Crippen molar-refractivity contribution in [3.05, 3.63) is 32.2 Å². The first-order chi connectivity index (χ1) is 8.90. The molecule has 0 fully saturated rings. The number of pyridine rings is 1. The van der Waals surface area contributed by atoms with Crippen molar-refractivity contribution in [2.75, 3.05) is 19.1 Å². The molecule has 1 N–H and O–H groups in total. The summed E-state index contributed by atoms with van der Waals surface area (Å²) in [5.74, 6) is 0.753. The Morgan fingerprint density at radius 3 is 2.79 bits per heavy atom. The lowest BCUT2D eigenvalue weighted by atomic mass is 10.1. The number of aromatic nitrogens is 1. The molecule has 6 heteroatoms. The number of amides is 1. The topological polar surface area (TPSA) is 53.2 Å². The lowest BCUT2D eigenvalue weighted by molar-refractivity contribution is 0.0739. The van der Waals surface area contributed by atoms with Crippen molar-refractivity contribution >= 4 is 33.6 Å². The van der Waals surface area contributed by atoms with Gasteiger partial charge in [0.1, 0.15) is 5.56 Å². The molecule has 0 saturated heterocycles. The van der Waals surface area contributed by atoms with Crippen LogP contribution in [0.25, 0.3) is 0 Å².